The van der Waals surface area contributed by atoms with Crippen LogP contribution in [0, 0.1) is 0 Å². The lowest BCUT2D eigenvalue weighted by Crippen LogP contribution is -2.45. The number of carbonyl (C=O) groups excluding carboxylic acids is 2. The molecule has 0 aromatic carbocycles. The topological polar surface area (TPSA) is 95.9 Å². The normalized spacial score (nSPS) is 13.0. The fraction of sp³-hybridized carbons (Fsp3) is 0.821. The highest BCUT2D eigenvalue weighted by Crippen LogP contribution is 2.15. The minimum absolute atomic E-state index is 0.0221. The van der Waals surface area contributed by atoms with E-state index in [-0.39, 0.29) is 18.5 Å². The first-order valence-corrected chi connectivity index (χ1v) is 26.9. The van der Waals surface area contributed by atoms with Gasteiger partial charge < -0.3 is 20.3 Å². The van der Waals surface area contributed by atoms with Crippen molar-refractivity contribution < 1.29 is 24.5 Å². The molecule has 362 valence electrons. The van der Waals surface area contributed by atoms with Gasteiger partial charge in [-0.1, -0.05) is 229 Å². The molecule has 6 nitrogen and oxygen atoms in total. The fourth-order valence-electron chi connectivity index (χ4n) is 7.91. The third-order valence-electron chi connectivity index (χ3n) is 12.1. The van der Waals surface area contributed by atoms with Gasteiger partial charge in [0.15, 0.2) is 0 Å². The second kappa shape index (κ2) is 51.5. The Bertz CT molecular complexity index is 1050. The molecule has 0 saturated heterocycles. The Balaban J connectivity index is 3.56. The monoisotopic (exact) mass is 870 g/mol. The number of allylic oxidation sites excluding steroid dienone is 7. The molecule has 0 bridgehead atoms. The number of amides is 1. The lowest BCUT2D eigenvalue weighted by atomic mass is 10.0. The lowest BCUT2D eigenvalue weighted by Gasteiger charge is -2.19. The molecule has 1 amide bonds. The van der Waals surface area contributed by atoms with Crippen LogP contribution in [-0.2, 0) is 14.3 Å². The molecule has 6 heteroatoms. The Morgan fingerprint density at radius 3 is 1.27 bits per heavy atom. The zero-order valence-corrected chi connectivity index (χ0v) is 41.1. The number of unbranched alkanes of at least 4 members (excludes halogenated alkanes) is 32. The van der Waals surface area contributed by atoms with E-state index in [4.69, 9.17) is 4.74 Å². The number of aliphatic hydroxyl groups excluding tert-OH is 2. The maximum absolute atomic E-state index is 12.4. The average Bonchev–Trinajstić information content (AvgIpc) is 3.27. The van der Waals surface area contributed by atoms with Crippen LogP contribution in [0.15, 0.2) is 48.6 Å². The van der Waals surface area contributed by atoms with Crippen LogP contribution in [0.5, 0.6) is 0 Å². The number of hydrogen-bond acceptors (Lipinski definition) is 5. The van der Waals surface area contributed by atoms with Crippen LogP contribution in [0.3, 0.4) is 0 Å². The highest BCUT2D eigenvalue weighted by atomic mass is 16.5. The Labute approximate surface area is 385 Å². The van der Waals surface area contributed by atoms with Crippen molar-refractivity contribution in [1.82, 2.24) is 5.32 Å². The molecular weight excluding hydrogens is 767 g/mol. The summed E-state index contributed by atoms with van der Waals surface area (Å²) in [5, 5.41) is 23.0. The number of ether oxygens (including phenoxy) is 1. The number of aliphatic hydroxyl groups is 2. The molecule has 2 unspecified atom stereocenters. The van der Waals surface area contributed by atoms with Crippen molar-refractivity contribution >= 4 is 11.9 Å². The molecule has 0 aromatic rings. The minimum Gasteiger partial charge on any atom is -0.466 e. The van der Waals surface area contributed by atoms with E-state index in [1.807, 2.05) is 12.2 Å². The number of hydrogen-bond donors (Lipinski definition) is 3. The van der Waals surface area contributed by atoms with E-state index in [0.29, 0.717) is 25.9 Å². The Morgan fingerprint density at radius 2 is 0.823 bits per heavy atom. The van der Waals surface area contributed by atoms with Gasteiger partial charge in [-0.3, -0.25) is 9.59 Å². The average molecular weight is 870 g/mol. The van der Waals surface area contributed by atoms with E-state index in [1.54, 1.807) is 6.08 Å². The zero-order valence-electron chi connectivity index (χ0n) is 41.1. The summed E-state index contributed by atoms with van der Waals surface area (Å²) in [6.45, 7) is 4.83. The maximum atomic E-state index is 12.4. The van der Waals surface area contributed by atoms with Crippen molar-refractivity contribution in [1.29, 1.82) is 0 Å². The molecule has 0 fully saturated rings. The quantitative estimate of drug-likeness (QED) is 0.0322. The second-order valence-corrected chi connectivity index (χ2v) is 18.2. The first-order valence-electron chi connectivity index (χ1n) is 26.9. The maximum Gasteiger partial charge on any atom is 0.305 e. The van der Waals surface area contributed by atoms with Crippen molar-refractivity contribution in [3.05, 3.63) is 48.6 Å². The number of esters is 1. The van der Waals surface area contributed by atoms with Gasteiger partial charge >= 0.3 is 5.97 Å². The largest absolute Gasteiger partial charge is 0.466 e. The summed E-state index contributed by atoms with van der Waals surface area (Å²) in [5.74, 6) is -0.172. The molecule has 0 aromatic heterocycles. The molecule has 0 rings (SSSR count). The third-order valence-corrected chi connectivity index (χ3v) is 12.1. The SMILES string of the molecule is CCCCCCCCC/C=C\CCCCCCCCCC(=O)OCCCCCCCC/C=C\C/C=C\CCC(=O)NC(CO)C(O)/C=C/CCCCCCCCCCCCCC. The van der Waals surface area contributed by atoms with Crippen LogP contribution in [0.2, 0.25) is 0 Å². The summed E-state index contributed by atoms with van der Waals surface area (Å²) < 4.78 is 5.46. The van der Waals surface area contributed by atoms with E-state index in [2.05, 4.69) is 49.5 Å². The van der Waals surface area contributed by atoms with Crippen molar-refractivity contribution in [3.63, 3.8) is 0 Å². The van der Waals surface area contributed by atoms with Crippen LogP contribution in [0.25, 0.3) is 0 Å². The molecular formula is C56H103NO5. The molecule has 0 aliphatic heterocycles. The number of nitrogens with one attached hydrogen (secondary N) is 1. The Hall–Kier alpha value is -2.18. The molecule has 0 aliphatic rings. The van der Waals surface area contributed by atoms with Crippen molar-refractivity contribution in [2.75, 3.05) is 13.2 Å². The van der Waals surface area contributed by atoms with E-state index in [0.717, 1.165) is 51.4 Å². The second-order valence-electron chi connectivity index (χ2n) is 18.2. The third kappa shape index (κ3) is 47.3. The Kier molecular flexibility index (Phi) is 49.6. The van der Waals surface area contributed by atoms with Gasteiger partial charge in [-0.2, -0.15) is 0 Å². The summed E-state index contributed by atoms with van der Waals surface area (Å²) in [4.78, 5) is 24.4. The Morgan fingerprint density at radius 1 is 0.452 bits per heavy atom. The van der Waals surface area contributed by atoms with E-state index >= 15 is 0 Å². The van der Waals surface area contributed by atoms with Gasteiger partial charge in [0.2, 0.25) is 5.91 Å². The summed E-state index contributed by atoms with van der Waals surface area (Å²) >= 11 is 0. The first kappa shape index (κ1) is 59.8. The molecule has 0 radical (unpaired) electrons. The number of carbonyl (C=O) groups is 2. The van der Waals surface area contributed by atoms with Crippen LogP contribution in [0.4, 0.5) is 0 Å². The predicted octanol–water partition coefficient (Wildman–Crippen LogP) is 16.2. The van der Waals surface area contributed by atoms with Gasteiger partial charge in [-0.25, -0.2) is 0 Å². The smallest absolute Gasteiger partial charge is 0.305 e. The molecule has 0 saturated carbocycles. The van der Waals surface area contributed by atoms with Crippen molar-refractivity contribution in [2.24, 2.45) is 0 Å². The highest BCUT2D eigenvalue weighted by Gasteiger charge is 2.17. The van der Waals surface area contributed by atoms with Gasteiger partial charge in [0, 0.05) is 12.8 Å². The van der Waals surface area contributed by atoms with Crippen LogP contribution in [-0.4, -0.2) is 47.4 Å². The molecule has 0 heterocycles. The zero-order chi connectivity index (χ0) is 45.1. The fourth-order valence-corrected chi connectivity index (χ4v) is 7.91. The minimum atomic E-state index is -0.879. The standard InChI is InChI=1S/C56H103NO5/c1-3-5-7-9-11-13-15-17-19-20-21-22-26-30-34-38-42-46-50-56(61)62-51-47-43-39-35-31-27-23-25-29-33-37-41-45-49-55(60)57-53(52-58)54(59)48-44-40-36-32-28-24-18-16-14-12-10-8-6-4-2/h19-20,25,29,37,41,44,48,53-54,58-59H,3-18,21-24,26-28,30-36,38-40,42-43,45-47,49-52H2,1-2H3,(H,57,60)/b20-19-,29-25-,41-37-,48-44+. The van der Waals surface area contributed by atoms with Gasteiger partial charge in [0.25, 0.3) is 0 Å². The van der Waals surface area contributed by atoms with E-state index in [9.17, 15) is 19.8 Å². The summed E-state index contributed by atoms with van der Waals surface area (Å²) in [6.07, 6.45) is 64.1. The van der Waals surface area contributed by atoms with Crippen molar-refractivity contribution in [2.45, 2.75) is 283 Å². The first-order chi connectivity index (χ1) is 30.5. The molecule has 0 spiro atoms. The summed E-state index contributed by atoms with van der Waals surface area (Å²) in [5.41, 5.74) is 0. The van der Waals surface area contributed by atoms with E-state index < -0.39 is 12.1 Å². The predicted molar refractivity (Wildman–Crippen MR) is 269 cm³/mol. The van der Waals surface area contributed by atoms with Gasteiger partial charge in [-0.05, 0) is 77.0 Å². The summed E-state index contributed by atoms with van der Waals surface area (Å²) in [7, 11) is 0. The molecule has 3 N–H and O–H groups in total. The van der Waals surface area contributed by atoms with Crippen LogP contribution in [0.1, 0.15) is 271 Å². The summed E-state index contributed by atoms with van der Waals surface area (Å²) in [6, 6.07) is -0.672. The van der Waals surface area contributed by atoms with Gasteiger partial charge in [0.05, 0.1) is 25.4 Å². The number of rotatable bonds is 49. The highest BCUT2D eigenvalue weighted by molar-refractivity contribution is 5.76. The molecule has 0 aliphatic carbocycles. The lowest BCUT2D eigenvalue weighted by molar-refractivity contribution is -0.143. The van der Waals surface area contributed by atoms with Crippen LogP contribution >= 0.6 is 0 Å². The molecule has 62 heavy (non-hydrogen) atoms. The van der Waals surface area contributed by atoms with Gasteiger partial charge in [0.1, 0.15) is 0 Å². The van der Waals surface area contributed by atoms with Gasteiger partial charge in [-0.15, -0.1) is 0 Å². The van der Waals surface area contributed by atoms with Crippen molar-refractivity contribution in [3.8, 4) is 0 Å². The van der Waals surface area contributed by atoms with E-state index in [1.165, 1.54) is 186 Å². The van der Waals surface area contributed by atoms with Crippen LogP contribution < -0.4 is 5.32 Å². The molecule has 2 atom stereocenters.